The van der Waals surface area contributed by atoms with Gasteiger partial charge in [-0.05, 0) is 13.3 Å². The van der Waals surface area contributed by atoms with E-state index in [0.29, 0.717) is 0 Å². The predicted molar refractivity (Wildman–Crippen MR) is 63.5 cm³/mol. The first-order valence-electron chi connectivity index (χ1n) is 6.43. The molecule has 0 atom stereocenters. The average molecular weight is 228 g/mol. The summed E-state index contributed by atoms with van der Waals surface area (Å²) in [7, 11) is 0. The molecule has 0 N–H and O–H groups in total. The first-order valence-corrected chi connectivity index (χ1v) is 6.43. The maximum atomic E-state index is 5.44. The van der Waals surface area contributed by atoms with Crippen molar-refractivity contribution in [1.82, 2.24) is 9.80 Å². The van der Waals surface area contributed by atoms with Gasteiger partial charge in [-0.1, -0.05) is 6.92 Å². The summed E-state index contributed by atoms with van der Waals surface area (Å²) >= 11 is 0. The van der Waals surface area contributed by atoms with Crippen LogP contribution in [-0.4, -0.2) is 68.1 Å². The van der Waals surface area contributed by atoms with E-state index in [1.807, 2.05) is 0 Å². The first-order chi connectivity index (χ1) is 7.77. The molecule has 0 bridgehead atoms. The molecule has 0 unspecified atom stereocenters. The molecule has 4 nitrogen and oxygen atoms in total. The SMILES string of the molecule is CCC(C)(N1CCOCC1)N1CCOCC1. The Morgan fingerprint density at radius 3 is 1.56 bits per heavy atom. The van der Waals surface area contributed by atoms with Gasteiger partial charge in [-0.2, -0.15) is 0 Å². The molecule has 94 valence electrons. The van der Waals surface area contributed by atoms with Crippen LogP contribution in [0.15, 0.2) is 0 Å². The van der Waals surface area contributed by atoms with Crippen molar-refractivity contribution in [3.05, 3.63) is 0 Å². The largest absolute Gasteiger partial charge is 0.379 e. The molecule has 0 aromatic carbocycles. The highest BCUT2D eigenvalue weighted by Gasteiger charge is 2.37. The third-order valence-corrected chi connectivity index (χ3v) is 4.05. The summed E-state index contributed by atoms with van der Waals surface area (Å²) in [6, 6.07) is 0. The van der Waals surface area contributed by atoms with E-state index >= 15 is 0 Å². The zero-order valence-electron chi connectivity index (χ0n) is 10.6. The third kappa shape index (κ3) is 2.40. The fraction of sp³-hybridized carbons (Fsp3) is 1.00. The van der Waals surface area contributed by atoms with Gasteiger partial charge >= 0.3 is 0 Å². The third-order valence-electron chi connectivity index (χ3n) is 4.05. The van der Waals surface area contributed by atoms with E-state index < -0.39 is 0 Å². The summed E-state index contributed by atoms with van der Waals surface area (Å²) in [6.45, 7) is 12.4. The Morgan fingerprint density at radius 2 is 1.25 bits per heavy atom. The lowest BCUT2D eigenvalue weighted by atomic mass is 10.0. The molecule has 2 heterocycles. The van der Waals surface area contributed by atoms with Crippen LogP contribution >= 0.6 is 0 Å². The zero-order valence-corrected chi connectivity index (χ0v) is 10.6. The second kappa shape index (κ2) is 5.45. The van der Waals surface area contributed by atoms with Gasteiger partial charge in [0, 0.05) is 26.2 Å². The molecular weight excluding hydrogens is 204 g/mol. The summed E-state index contributed by atoms with van der Waals surface area (Å²) in [5.74, 6) is 0. The second-order valence-corrected chi connectivity index (χ2v) is 4.77. The van der Waals surface area contributed by atoms with Gasteiger partial charge in [-0.3, -0.25) is 9.80 Å². The molecule has 2 rings (SSSR count). The highest BCUT2D eigenvalue weighted by Crippen LogP contribution is 2.26. The van der Waals surface area contributed by atoms with Crippen molar-refractivity contribution in [2.45, 2.75) is 25.9 Å². The quantitative estimate of drug-likeness (QED) is 0.712. The lowest BCUT2D eigenvalue weighted by molar-refractivity contribution is -0.121. The molecule has 16 heavy (non-hydrogen) atoms. The fourth-order valence-electron chi connectivity index (χ4n) is 2.74. The predicted octanol–water partition coefficient (Wildman–Crippen LogP) is 0.777. The van der Waals surface area contributed by atoms with Gasteiger partial charge in [0.1, 0.15) is 0 Å². The standard InChI is InChI=1S/C12H24N2O2/c1-3-12(2,13-4-8-15-9-5-13)14-6-10-16-11-7-14/h3-11H2,1-2H3. The maximum absolute atomic E-state index is 5.44. The van der Waals surface area contributed by atoms with Crippen molar-refractivity contribution in [2.75, 3.05) is 52.6 Å². The molecule has 0 aromatic heterocycles. The molecule has 0 spiro atoms. The maximum Gasteiger partial charge on any atom is 0.0709 e. The topological polar surface area (TPSA) is 24.9 Å². The van der Waals surface area contributed by atoms with Crippen LogP contribution in [0.5, 0.6) is 0 Å². The monoisotopic (exact) mass is 228 g/mol. The molecule has 0 radical (unpaired) electrons. The Kier molecular flexibility index (Phi) is 4.19. The number of morpholine rings is 2. The van der Waals surface area contributed by atoms with Crippen LogP contribution in [0.2, 0.25) is 0 Å². The van der Waals surface area contributed by atoms with Gasteiger partial charge in [-0.15, -0.1) is 0 Å². The first kappa shape index (κ1) is 12.3. The fourth-order valence-corrected chi connectivity index (χ4v) is 2.74. The minimum Gasteiger partial charge on any atom is -0.379 e. The van der Waals surface area contributed by atoms with E-state index in [-0.39, 0.29) is 5.66 Å². The molecule has 2 fully saturated rings. The van der Waals surface area contributed by atoms with Crippen molar-refractivity contribution >= 4 is 0 Å². The normalized spacial score (nSPS) is 25.9. The molecular formula is C12H24N2O2. The van der Waals surface area contributed by atoms with Crippen molar-refractivity contribution in [2.24, 2.45) is 0 Å². The van der Waals surface area contributed by atoms with Crippen LogP contribution < -0.4 is 0 Å². The molecule has 2 saturated heterocycles. The zero-order chi connectivity index (χ0) is 11.4. The summed E-state index contributed by atoms with van der Waals surface area (Å²) in [5.41, 5.74) is 0.188. The number of hydrogen-bond donors (Lipinski definition) is 0. The summed E-state index contributed by atoms with van der Waals surface area (Å²) < 4.78 is 10.9. The van der Waals surface area contributed by atoms with E-state index in [2.05, 4.69) is 23.6 Å². The van der Waals surface area contributed by atoms with Crippen LogP contribution in [0.25, 0.3) is 0 Å². The second-order valence-electron chi connectivity index (χ2n) is 4.77. The molecule has 0 aromatic rings. The van der Waals surface area contributed by atoms with Crippen molar-refractivity contribution in [1.29, 1.82) is 0 Å². The summed E-state index contributed by atoms with van der Waals surface area (Å²) in [5, 5.41) is 0. The Balaban J connectivity index is 2.03. The number of rotatable bonds is 3. The Morgan fingerprint density at radius 1 is 0.875 bits per heavy atom. The highest BCUT2D eigenvalue weighted by atomic mass is 16.5. The number of ether oxygens (including phenoxy) is 2. The Bertz CT molecular complexity index is 193. The van der Waals surface area contributed by atoms with E-state index in [1.54, 1.807) is 0 Å². The molecule has 0 amide bonds. The van der Waals surface area contributed by atoms with Crippen LogP contribution in [0, 0.1) is 0 Å². The number of nitrogens with zero attached hydrogens (tertiary/aromatic N) is 2. The van der Waals surface area contributed by atoms with Crippen LogP contribution in [-0.2, 0) is 9.47 Å². The van der Waals surface area contributed by atoms with Gasteiger partial charge in [0.05, 0.1) is 32.1 Å². The van der Waals surface area contributed by atoms with Crippen LogP contribution in [0.4, 0.5) is 0 Å². The molecule has 4 heteroatoms. The smallest absolute Gasteiger partial charge is 0.0709 e. The van der Waals surface area contributed by atoms with E-state index in [9.17, 15) is 0 Å². The minimum atomic E-state index is 0.188. The van der Waals surface area contributed by atoms with Crippen molar-refractivity contribution in [3.63, 3.8) is 0 Å². The molecule has 2 aliphatic heterocycles. The Hall–Kier alpha value is -0.160. The van der Waals surface area contributed by atoms with Crippen molar-refractivity contribution < 1.29 is 9.47 Å². The van der Waals surface area contributed by atoms with E-state index in [4.69, 9.17) is 9.47 Å². The Labute approximate surface area is 98.5 Å². The molecule has 2 aliphatic rings. The number of hydrogen-bond acceptors (Lipinski definition) is 4. The minimum absolute atomic E-state index is 0.188. The van der Waals surface area contributed by atoms with E-state index in [1.165, 1.54) is 0 Å². The molecule has 0 saturated carbocycles. The average Bonchev–Trinajstić information content (AvgIpc) is 2.40. The van der Waals surface area contributed by atoms with Crippen molar-refractivity contribution in [3.8, 4) is 0 Å². The lowest BCUT2D eigenvalue weighted by Gasteiger charge is -2.51. The van der Waals surface area contributed by atoms with Gasteiger partial charge < -0.3 is 9.47 Å². The van der Waals surface area contributed by atoms with Gasteiger partial charge in [0.25, 0.3) is 0 Å². The van der Waals surface area contributed by atoms with Crippen LogP contribution in [0.3, 0.4) is 0 Å². The van der Waals surface area contributed by atoms with Gasteiger partial charge in [0.15, 0.2) is 0 Å². The summed E-state index contributed by atoms with van der Waals surface area (Å²) in [4.78, 5) is 5.14. The van der Waals surface area contributed by atoms with E-state index in [0.717, 1.165) is 59.0 Å². The highest BCUT2D eigenvalue weighted by molar-refractivity contribution is 4.87. The summed E-state index contributed by atoms with van der Waals surface area (Å²) in [6.07, 6.45) is 1.16. The lowest BCUT2D eigenvalue weighted by Crippen LogP contribution is -2.63. The van der Waals surface area contributed by atoms with Gasteiger partial charge in [0.2, 0.25) is 0 Å². The molecule has 0 aliphatic carbocycles. The van der Waals surface area contributed by atoms with Crippen LogP contribution in [0.1, 0.15) is 20.3 Å². The van der Waals surface area contributed by atoms with Gasteiger partial charge in [-0.25, -0.2) is 0 Å².